The fourth-order valence-corrected chi connectivity index (χ4v) is 3.65. The average molecular weight is 288 g/mol. The predicted molar refractivity (Wildman–Crippen MR) is 91.4 cm³/mol. The molecule has 118 valence electrons. The van der Waals surface area contributed by atoms with Gasteiger partial charge in [0.15, 0.2) is 0 Å². The monoisotopic (exact) mass is 288 g/mol. The summed E-state index contributed by atoms with van der Waals surface area (Å²) >= 11 is 0. The van der Waals surface area contributed by atoms with Crippen LogP contribution in [0.3, 0.4) is 0 Å². The van der Waals surface area contributed by atoms with Gasteiger partial charge in [0.2, 0.25) is 0 Å². The molecule has 1 aromatic carbocycles. The van der Waals surface area contributed by atoms with E-state index in [0.29, 0.717) is 12.1 Å². The van der Waals surface area contributed by atoms with Gasteiger partial charge in [0.25, 0.3) is 0 Å². The van der Waals surface area contributed by atoms with Crippen molar-refractivity contribution >= 4 is 0 Å². The van der Waals surface area contributed by atoms with E-state index in [0.717, 1.165) is 19.0 Å². The van der Waals surface area contributed by atoms with Crippen LogP contribution in [0.5, 0.6) is 0 Å². The van der Waals surface area contributed by atoms with E-state index in [4.69, 9.17) is 0 Å². The summed E-state index contributed by atoms with van der Waals surface area (Å²) in [5, 5.41) is 3.79. The third-order valence-corrected chi connectivity index (χ3v) is 5.00. The lowest BCUT2D eigenvalue weighted by Crippen LogP contribution is -2.52. The first-order chi connectivity index (χ1) is 10.2. The zero-order chi connectivity index (χ0) is 15.1. The first-order valence-corrected chi connectivity index (χ1v) is 8.72. The van der Waals surface area contributed by atoms with Crippen LogP contribution in [0, 0.1) is 5.92 Å². The zero-order valence-electron chi connectivity index (χ0n) is 14.0. The fourth-order valence-electron chi connectivity index (χ4n) is 3.65. The fraction of sp³-hybridized carbons (Fsp3) is 0.684. The number of hydrogen-bond donors (Lipinski definition) is 1. The predicted octanol–water partition coefficient (Wildman–Crippen LogP) is 4.07. The Hall–Kier alpha value is -0.860. The molecule has 1 saturated carbocycles. The van der Waals surface area contributed by atoms with E-state index in [1.807, 2.05) is 0 Å². The highest BCUT2D eigenvalue weighted by molar-refractivity contribution is 5.14. The molecule has 2 rings (SSSR count). The molecule has 0 heterocycles. The van der Waals surface area contributed by atoms with Gasteiger partial charge in [0, 0.05) is 18.6 Å². The Balaban J connectivity index is 1.99. The molecule has 3 unspecified atom stereocenters. The first-order valence-electron chi connectivity index (χ1n) is 8.72. The zero-order valence-corrected chi connectivity index (χ0v) is 14.0. The third-order valence-electron chi connectivity index (χ3n) is 5.00. The maximum absolute atomic E-state index is 3.79. The number of nitrogens with zero attached hydrogens (tertiary/aromatic N) is 1. The number of rotatable bonds is 7. The van der Waals surface area contributed by atoms with Gasteiger partial charge in [-0.25, -0.2) is 0 Å². The van der Waals surface area contributed by atoms with E-state index >= 15 is 0 Å². The van der Waals surface area contributed by atoms with Crippen molar-refractivity contribution in [2.24, 2.45) is 5.92 Å². The summed E-state index contributed by atoms with van der Waals surface area (Å²) in [4.78, 5) is 2.57. The first kappa shape index (κ1) is 16.5. The standard InChI is InChI=1S/C19H32N2/c1-4-13-20-18-12-11-16(5-2)14-19(18)21(3)15-17-9-7-6-8-10-17/h6-10,16,18-20H,4-5,11-15H2,1-3H3. The average Bonchev–Trinajstić information content (AvgIpc) is 2.53. The van der Waals surface area contributed by atoms with Crippen LogP contribution in [0.25, 0.3) is 0 Å². The van der Waals surface area contributed by atoms with Crippen molar-refractivity contribution in [3.05, 3.63) is 35.9 Å². The van der Waals surface area contributed by atoms with Crippen LogP contribution in [-0.4, -0.2) is 30.6 Å². The molecule has 2 heteroatoms. The van der Waals surface area contributed by atoms with Gasteiger partial charge >= 0.3 is 0 Å². The summed E-state index contributed by atoms with van der Waals surface area (Å²) in [7, 11) is 2.30. The molecule has 1 N–H and O–H groups in total. The minimum absolute atomic E-state index is 0.668. The lowest BCUT2D eigenvalue weighted by Gasteiger charge is -2.41. The minimum atomic E-state index is 0.668. The van der Waals surface area contributed by atoms with Crippen LogP contribution in [0.4, 0.5) is 0 Å². The summed E-state index contributed by atoms with van der Waals surface area (Å²) < 4.78 is 0. The van der Waals surface area contributed by atoms with Gasteiger partial charge in [0.05, 0.1) is 0 Å². The third kappa shape index (κ3) is 4.82. The topological polar surface area (TPSA) is 15.3 Å². The number of benzene rings is 1. The van der Waals surface area contributed by atoms with Gasteiger partial charge in [0.1, 0.15) is 0 Å². The van der Waals surface area contributed by atoms with E-state index in [2.05, 4.69) is 61.4 Å². The Morgan fingerprint density at radius 1 is 1.14 bits per heavy atom. The van der Waals surface area contributed by atoms with E-state index in [9.17, 15) is 0 Å². The summed E-state index contributed by atoms with van der Waals surface area (Å²) in [6.07, 6.45) is 6.63. The van der Waals surface area contributed by atoms with Crippen molar-refractivity contribution in [1.29, 1.82) is 0 Å². The number of nitrogens with one attached hydrogen (secondary N) is 1. The molecule has 1 aliphatic rings. The molecule has 2 nitrogen and oxygen atoms in total. The second kappa shape index (κ2) is 8.55. The summed E-state index contributed by atoms with van der Waals surface area (Å²) in [6.45, 7) is 6.81. The molecule has 1 fully saturated rings. The van der Waals surface area contributed by atoms with Crippen molar-refractivity contribution in [1.82, 2.24) is 10.2 Å². The van der Waals surface area contributed by atoms with E-state index < -0.39 is 0 Å². The molecule has 0 saturated heterocycles. The maximum atomic E-state index is 3.79. The maximum Gasteiger partial charge on any atom is 0.0252 e. The van der Waals surface area contributed by atoms with Crippen LogP contribution in [-0.2, 0) is 6.54 Å². The van der Waals surface area contributed by atoms with E-state index in [1.54, 1.807) is 0 Å². The molecule has 0 radical (unpaired) electrons. The van der Waals surface area contributed by atoms with Crippen LogP contribution in [0.15, 0.2) is 30.3 Å². The molecular formula is C19H32N2. The SMILES string of the molecule is CCCNC1CCC(CC)CC1N(C)Cc1ccccc1. The number of likely N-dealkylation sites (N-methyl/N-ethyl adjacent to an activating group) is 1. The molecule has 0 amide bonds. The summed E-state index contributed by atoms with van der Waals surface area (Å²) in [5.74, 6) is 0.910. The van der Waals surface area contributed by atoms with Gasteiger partial charge in [-0.05, 0) is 50.8 Å². The van der Waals surface area contributed by atoms with Gasteiger partial charge in [-0.2, -0.15) is 0 Å². The molecular weight excluding hydrogens is 256 g/mol. The smallest absolute Gasteiger partial charge is 0.0252 e. The molecule has 0 spiro atoms. The lowest BCUT2D eigenvalue weighted by molar-refractivity contribution is 0.112. The molecule has 0 aliphatic heterocycles. The van der Waals surface area contributed by atoms with Crippen LogP contribution >= 0.6 is 0 Å². The normalized spacial score (nSPS) is 26.2. The highest BCUT2D eigenvalue weighted by Crippen LogP contribution is 2.30. The highest BCUT2D eigenvalue weighted by atomic mass is 15.2. The second-order valence-corrected chi connectivity index (χ2v) is 6.62. The Morgan fingerprint density at radius 3 is 2.57 bits per heavy atom. The molecule has 1 aromatic rings. The van der Waals surface area contributed by atoms with Gasteiger partial charge in [-0.15, -0.1) is 0 Å². The van der Waals surface area contributed by atoms with Crippen LogP contribution < -0.4 is 5.32 Å². The molecule has 1 aliphatic carbocycles. The van der Waals surface area contributed by atoms with Crippen molar-refractivity contribution in [2.45, 2.75) is 64.6 Å². The molecule has 21 heavy (non-hydrogen) atoms. The van der Waals surface area contributed by atoms with E-state index in [-0.39, 0.29) is 0 Å². The Morgan fingerprint density at radius 2 is 1.90 bits per heavy atom. The van der Waals surface area contributed by atoms with Crippen molar-refractivity contribution < 1.29 is 0 Å². The Kier molecular flexibility index (Phi) is 6.72. The van der Waals surface area contributed by atoms with Crippen molar-refractivity contribution in [2.75, 3.05) is 13.6 Å². The molecule has 0 aromatic heterocycles. The van der Waals surface area contributed by atoms with Gasteiger partial charge in [-0.3, -0.25) is 4.90 Å². The minimum Gasteiger partial charge on any atom is -0.312 e. The molecule has 3 atom stereocenters. The van der Waals surface area contributed by atoms with Crippen LogP contribution in [0.2, 0.25) is 0 Å². The van der Waals surface area contributed by atoms with Gasteiger partial charge in [-0.1, -0.05) is 50.6 Å². The Labute approximate surface area is 130 Å². The van der Waals surface area contributed by atoms with Crippen molar-refractivity contribution in [3.63, 3.8) is 0 Å². The lowest BCUT2D eigenvalue weighted by atomic mass is 9.80. The largest absolute Gasteiger partial charge is 0.312 e. The summed E-state index contributed by atoms with van der Waals surface area (Å²) in [5.41, 5.74) is 1.42. The summed E-state index contributed by atoms with van der Waals surface area (Å²) in [6, 6.07) is 12.2. The molecule has 0 bridgehead atoms. The quantitative estimate of drug-likeness (QED) is 0.814. The van der Waals surface area contributed by atoms with E-state index in [1.165, 1.54) is 37.7 Å². The van der Waals surface area contributed by atoms with Crippen molar-refractivity contribution in [3.8, 4) is 0 Å². The van der Waals surface area contributed by atoms with Crippen LogP contribution in [0.1, 0.15) is 51.5 Å². The number of hydrogen-bond acceptors (Lipinski definition) is 2. The highest BCUT2D eigenvalue weighted by Gasteiger charge is 2.31. The van der Waals surface area contributed by atoms with Gasteiger partial charge < -0.3 is 5.32 Å². The second-order valence-electron chi connectivity index (χ2n) is 6.62. The Bertz CT molecular complexity index is 390.